The second kappa shape index (κ2) is 8.14. The number of benzene rings is 1. The van der Waals surface area contributed by atoms with Gasteiger partial charge in [-0.05, 0) is 43.3 Å². The first-order valence-corrected chi connectivity index (χ1v) is 9.38. The number of Topliss-reactive ketones (excluding diaryl/α,β-unsaturated/α-hetero) is 1. The van der Waals surface area contributed by atoms with Gasteiger partial charge in [0.2, 0.25) is 0 Å². The minimum Gasteiger partial charge on any atom is -0.459 e. The van der Waals surface area contributed by atoms with Gasteiger partial charge in [-0.2, -0.15) is 0 Å². The molecule has 1 N–H and O–H groups in total. The third-order valence-electron chi connectivity index (χ3n) is 4.84. The molecular weight excluding hydrogens is 370 g/mol. The Balaban J connectivity index is 1.39. The quantitative estimate of drug-likeness (QED) is 0.669. The monoisotopic (exact) mass is 391 g/mol. The molecule has 1 aromatic carbocycles. The molecule has 0 bridgehead atoms. The number of carbonyl (C=O) groups excluding carboxylic acids is 2. The van der Waals surface area contributed by atoms with Crippen LogP contribution in [0.1, 0.15) is 27.8 Å². The van der Waals surface area contributed by atoms with Gasteiger partial charge in [0.05, 0.1) is 6.26 Å². The molecule has 1 amide bonds. The second-order valence-corrected chi connectivity index (χ2v) is 6.78. The van der Waals surface area contributed by atoms with Crippen molar-refractivity contribution >= 4 is 29.0 Å². The number of rotatable bonds is 5. The Bertz CT molecular complexity index is 993. The summed E-state index contributed by atoms with van der Waals surface area (Å²) in [5.74, 6) is 1.77. The van der Waals surface area contributed by atoms with Gasteiger partial charge >= 0.3 is 0 Å². The lowest BCUT2D eigenvalue weighted by molar-refractivity contribution is 0.0714. The van der Waals surface area contributed by atoms with E-state index >= 15 is 0 Å². The highest BCUT2D eigenvalue weighted by molar-refractivity contribution is 5.94. The third-order valence-corrected chi connectivity index (χ3v) is 4.84. The molecule has 4 rings (SSSR count). The zero-order valence-corrected chi connectivity index (χ0v) is 16.0. The highest BCUT2D eigenvalue weighted by Crippen LogP contribution is 2.20. The van der Waals surface area contributed by atoms with Crippen molar-refractivity contribution in [1.29, 1.82) is 0 Å². The maximum atomic E-state index is 12.4. The van der Waals surface area contributed by atoms with Crippen molar-refractivity contribution in [2.75, 3.05) is 36.4 Å². The molecule has 8 heteroatoms. The lowest BCUT2D eigenvalue weighted by Crippen LogP contribution is -2.49. The van der Waals surface area contributed by atoms with Crippen molar-refractivity contribution in [1.82, 2.24) is 14.9 Å². The topological polar surface area (TPSA) is 91.6 Å². The fourth-order valence-corrected chi connectivity index (χ4v) is 3.22. The van der Waals surface area contributed by atoms with Gasteiger partial charge in [0.25, 0.3) is 5.91 Å². The Morgan fingerprint density at radius 2 is 1.79 bits per heavy atom. The molecule has 0 unspecified atom stereocenters. The van der Waals surface area contributed by atoms with E-state index in [4.69, 9.17) is 4.42 Å². The van der Waals surface area contributed by atoms with E-state index in [1.165, 1.54) is 12.6 Å². The zero-order chi connectivity index (χ0) is 20.2. The van der Waals surface area contributed by atoms with E-state index in [1.807, 2.05) is 18.2 Å². The number of amides is 1. The molecular formula is C21H21N5O3. The van der Waals surface area contributed by atoms with Crippen LogP contribution in [-0.2, 0) is 0 Å². The normalized spacial score (nSPS) is 14.0. The lowest BCUT2D eigenvalue weighted by atomic mass is 10.1. The summed E-state index contributed by atoms with van der Waals surface area (Å²) in [6, 6.07) is 12.5. The van der Waals surface area contributed by atoms with E-state index in [0.717, 1.165) is 11.5 Å². The van der Waals surface area contributed by atoms with E-state index in [1.54, 1.807) is 36.1 Å². The van der Waals surface area contributed by atoms with Gasteiger partial charge < -0.3 is 19.5 Å². The SMILES string of the molecule is CC(=O)c1ccc(Nc2cc(N3CCN(C(=O)c4ccco4)CC3)ncn2)cc1. The van der Waals surface area contributed by atoms with Gasteiger partial charge in [-0.1, -0.05) is 0 Å². The van der Waals surface area contributed by atoms with Crippen LogP contribution in [0.2, 0.25) is 0 Å². The Morgan fingerprint density at radius 1 is 1.03 bits per heavy atom. The standard InChI is InChI=1S/C21H21N5O3/c1-15(27)16-4-6-17(7-5-16)24-19-13-20(23-14-22-19)25-8-10-26(11-9-25)21(28)18-3-2-12-29-18/h2-7,12-14H,8-11H2,1H3,(H,22,23,24). The predicted molar refractivity (Wildman–Crippen MR) is 109 cm³/mol. The highest BCUT2D eigenvalue weighted by Gasteiger charge is 2.24. The summed E-state index contributed by atoms with van der Waals surface area (Å²) < 4.78 is 5.20. The number of ketones is 1. The summed E-state index contributed by atoms with van der Waals surface area (Å²) in [5, 5.41) is 3.23. The first kappa shape index (κ1) is 18.7. The van der Waals surface area contributed by atoms with Gasteiger partial charge in [0, 0.05) is 43.5 Å². The van der Waals surface area contributed by atoms with Gasteiger partial charge in [-0.15, -0.1) is 0 Å². The molecule has 1 aliphatic rings. The molecule has 0 aliphatic carbocycles. The molecule has 1 aliphatic heterocycles. The Kier molecular flexibility index (Phi) is 5.24. The average Bonchev–Trinajstić information content (AvgIpc) is 3.29. The van der Waals surface area contributed by atoms with Crippen LogP contribution in [0.5, 0.6) is 0 Å². The minimum atomic E-state index is -0.0892. The summed E-state index contributed by atoms with van der Waals surface area (Å²) in [5.41, 5.74) is 1.51. The largest absolute Gasteiger partial charge is 0.459 e. The molecule has 3 heterocycles. The van der Waals surface area contributed by atoms with Crippen molar-refractivity contribution in [2.45, 2.75) is 6.92 Å². The minimum absolute atomic E-state index is 0.0329. The van der Waals surface area contributed by atoms with Gasteiger partial charge in [0.15, 0.2) is 11.5 Å². The first-order valence-electron chi connectivity index (χ1n) is 9.38. The molecule has 3 aromatic rings. The summed E-state index contributed by atoms with van der Waals surface area (Å²) in [4.78, 5) is 36.3. The molecule has 0 saturated carbocycles. The van der Waals surface area contributed by atoms with Crippen LogP contribution in [0.4, 0.5) is 17.3 Å². The third kappa shape index (κ3) is 4.26. The van der Waals surface area contributed by atoms with Gasteiger partial charge in [-0.25, -0.2) is 9.97 Å². The number of aromatic nitrogens is 2. The summed E-state index contributed by atoms with van der Waals surface area (Å²) >= 11 is 0. The van der Waals surface area contributed by atoms with E-state index in [9.17, 15) is 9.59 Å². The fourth-order valence-electron chi connectivity index (χ4n) is 3.22. The molecule has 0 atom stereocenters. The number of furan rings is 1. The van der Waals surface area contributed by atoms with Gasteiger partial charge in [0.1, 0.15) is 18.0 Å². The average molecular weight is 391 g/mol. The maximum absolute atomic E-state index is 12.4. The number of piperazine rings is 1. The molecule has 0 radical (unpaired) electrons. The van der Waals surface area contributed by atoms with E-state index < -0.39 is 0 Å². The van der Waals surface area contributed by atoms with Crippen LogP contribution in [0.3, 0.4) is 0 Å². The lowest BCUT2D eigenvalue weighted by Gasteiger charge is -2.35. The molecule has 1 fully saturated rings. The molecule has 2 aromatic heterocycles. The highest BCUT2D eigenvalue weighted by atomic mass is 16.3. The smallest absolute Gasteiger partial charge is 0.289 e. The zero-order valence-electron chi connectivity index (χ0n) is 16.0. The summed E-state index contributed by atoms with van der Waals surface area (Å²) in [7, 11) is 0. The molecule has 1 saturated heterocycles. The van der Waals surface area contributed by atoms with Gasteiger partial charge in [-0.3, -0.25) is 9.59 Å². The van der Waals surface area contributed by atoms with E-state index in [0.29, 0.717) is 43.3 Å². The number of hydrogen-bond donors (Lipinski definition) is 1. The number of nitrogens with zero attached hydrogens (tertiary/aromatic N) is 4. The van der Waals surface area contributed by atoms with Crippen molar-refractivity contribution in [3.05, 3.63) is 66.4 Å². The molecule has 29 heavy (non-hydrogen) atoms. The Labute approximate surface area is 168 Å². The Hall–Kier alpha value is -3.68. The van der Waals surface area contributed by atoms with Crippen molar-refractivity contribution in [3.8, 4) is 0 Å². The van der Waals surface area contributed by atoms with Crippen molar-refractivity contribution < 1.29 is 14.0 Å². The number of nitrogens with one attached hydrogen (secondary N) is 1. The number of anilines is 3. The number of carbonyl (C=O) groups is 2. The molecule has 148 valence electrons. The van der Waals surface area contributed by atoms with E-state index in [-0.39, 0.29) is 11.7 Å². The van der Waals surface area contributed by atoms with Crippen LogP contribution < -0.4 is 10.2 Å². The van der Waals surface area contributed by atoms with Crippen molar-refractivity contribution in [2.24, 2.45) is 0 Å². The van der Waals surface area contributed by atoms with Crippen molar-refractivity contribution in [3.63, 3.8) is 0 Å². The molecule has 0 spiro atoms. The fraction of sp³-hybridized carbons (Fsp3) is 0.238. The summed E-state index contributed by atoms with van der Waals surface area (Å²) in [6.07, 6.45) is 3.02. The van der Waals surface area contributed by atoms with Crippen LogP contribution in [0, 0.1) is 0 Å². The van der Waals surface area contributed by atoms with Crippen LogP contribution >= 0.6 is 0 Å². The van der Waals surface area contributed by atoms with Crippen LogP contribution in [0.15, 0.2) is 59.5 Å². The molecule has 8 nitrogen and oxygen atoms in total. The summed E-state index contributed by atoms with van der Waals surface area (Å²) in [6.45, 7) is 4.09. The van der Waals surface area contributed by atoms with Crippen LogP contribution in [-0.4, -0.2) is 52.7 Å². The predicted octanol–water partition coefficient (Wildman–Crippen LogP) is 2.98. The first-order chi connectivity index (χ1) is 14.1. The maximum Gasteiger partial charge on any atom is 0.289 e. The second-order valence-electron chi connectivity index (χ2n) is 6.78. The van der Waals surface area contributed by atoms with Crippen LogP contribution in [0.25, 0.3) is 0 Å². The number of hydrogen-bond acceptors (Lipinski definition) is 7. The Morgan fingerprint density at radius 3 is 2.45 bits per heavy atom. The van der Waals surface area contributed by atoms with E-state index in [2.05, 4.69) is 20.2 Å².